The van der Waals surface area contributed by atoms with Gasteiger partial charge in [0.1, 0.15) is 27.5 Å². The van der Waals surface area contributed by atoms with Crippen LogP contribution < -0.4 is 9.46 Å². The quantitative estimate of drug-likeness (QED) is 0.737. The van der Waals surface area contributed by atoms with Gasteiger partial charge in [0.2, 0.25) is 0 Å². The lowest BCUT2D eigenvalue weighted by Gasteiger charge is -2.13. The van der Waals surface area contributed by atoms with Gasteiger partial charge < -0.3 is 4.74 Å². The molecule has 2 aromatic carbocycles. The SMILES string of the molecule is CCOc1ccc(C)cc1S(=O)(=O)Nc1cc2n[nH]nc2cc1F. The highest BCUT2D eigenvalue weighted by atomic mass is 32.2. The maximum atomic E-state index is 14.1. The Bertz CT molecular complexity index is 1000. The lowest BCUT2D eigenvalue weighted by atomic mass is 10.2. The Morgan fingerprint density at radius 1 is 1.21 bits per heavy atom. The first-order valence-electron chi connectivity index (χ1n) is 7.17. The molecule has 3 rings (SSSR count). The highest BCUT2D eigenvalue weighted by molar-refractivity contribution is 7.92. The molecule has 24 heavy (non-hydrogen) atoms. The van der Waals surface area contributed by atoms with Crippen molar-refractivity contribution in [3.05, 3.63) is 41.7 Å². The minimum atomic E-state index is -4.04. The van der Waals surface area contributed by atoms with Gasteiger partial charge in [-0.1, -0.05) is 6.07 Å². The largest absolute Gasteiger partial charge is 0.492 e. The number of aromatic nitrogens is 3. The number of sulfonamides is 1. The number of nitrogens with one attached hydrogen (secondary N) is 2. The summed E-state index contributed by atoms with van der Waals surface area (Å²) in [4.78, 5) is -0.0519. The Labute approximate surface area is 137 Å². The number of nitrogens with zero attached hydrogens (tertiary/aromatic N) is 2. The van der Waals surface area contributed by atoms with Gasteiger partial charge in [-0.3, -0.25) is 4.72 Å². The summed E-state index contributed by atoms with van der Waals surface area (Å²) in [6.45, 7) is 3.82. The molecule has 3 aromatic rings. The predicted octanol–water partition coefficient (Wildman–Crippen LogP) is 2.60. The minimum Gasteiger partial charge on any atom is -0.492 e. The van der Waals surface area contributed by atoms with Gasteiger partial charge in [0.25, 0.3) is 10.0 Å². The molecule has 0 saturated heterocycles. The monoisotopic (exact) mass is 350 g/mol. The van der Waals surface area contributed by atoms with Gasteiger partial charge in [0, 0.05) is 6.07 Å². The van der Waals surface area contributed by atoms with E-state index >= 15 is 0 Å². The van der Waals surface area contributed by atoms with Crippen molar-refractivity contribution in [2.24, 2.45) is 0 Å². The summed E-state index contributed by atoms with van der Waals surface area (Å²) in [5.41, 5.74) is 1.19. The van der Waals surface area contributed by atoms with Crippen LogP contribution in [0.2, 0.25) is 0 Å². The predicted molar refractivity (Wildman–Crippen MR) is 87.0 cm³/mol. The third kappa shape index (κ3) is 3.02. The number of fused-ring (bicyclic) bond motifs is 1. The van der Waals surface area contributed by atoms with Crippen molar-refractivity contribution in [3.63, 3.8) is 0 Å². The van der Waals surface area contributed by atoms with E-state index in [-0.39, 0.29) is 16.3 Å². The fourth-order valence-electron chi connectivity index (χ4n) is 2.24. The number of benzene rings is 2. The average Bonchev–Trinajstić information content (AvgIpc) is 2.96. The lowest BCUT2D eigenvalue weighted by molar-refractivity contribution is 0.331. The van der Waals surface area contributed by atoms with Crippen LogP contribution in [-0.4, -0.2) is 30.4 Å². The van der Waals surface area contributed by atoms with Crippen molar-refractivity contribution < 1.29 is 17.5 Å². The van der Waals surface area contributed by atoms with E-state index in [9.17, 15) is 12.8 Å². The molecule has 0 atom stereocenters. The molecule has 126 valence electrons. The zero-order chi connectivity index (χ0) is 17.3. The molecule has 1 heterocycles. The fourth-order valence-corrected chi connectivity index (χ4v) is 3.53. The van der Waals surface area contributed by atoms with Gasteiger partial charge in [0.05, 0.1) is 12.3 Å². The number of halogens is 1. The van der Waals surface area contributed by atoms with Crippen LogP contribution in [-0.2, 0) is 10.0 Å². The molecule has 0 radical (unpaired) electrons. The second kappa shape index (κ2) is 6.08. The standard InChI is InChI=1S/C15H15FN4O3S/c1-3-23-14-5-4-9(2)6-15(14)24(21,22)19-11-8-13-12(7-10(11)16)17-20-18-13/h4-8,19H,3H2,1-2H3,(H,17,18,20). The number of anilines is 1. The van der Waals surface area contributed by atoms with Gasteiger partial charge in [-0.25, -0.2) is 12.8 Å². The van der Waals surface area contributed by atoms with Crippen LogP contribution in [0, 0.1) is 12.7 Å². The first-order valence-corrected chi connectivity index (χ1v) is 8.65. The van der Waals surface area contributed by atoms with Crippen LogP contribution in [0.3, 0.4) is 0 Å². The van der Waals surface area contributed by atoms with Crippen LogP contribution in [0.15, 0.2) is 35.2 Å². The van der Waals surface area contributed by atoms with Gasteiger partial charge in [-0.2, -0.15) is 15.4 Å². The zero-order valence-corrected chi connectivity index (χ0v) is 13.8. The number of rotatable bonds is 5. The number of ether oxygens (including phenoxy) is 1. The number of aromatic amines is 1. The second-order valence-electron chi connectivity index (χ2n) is 5.13. The zero-order valence-electron chi connectivity index (χ0n) is 13.0. The topological polar surface area (TPSA) is 97.0 Å². The average molecular weight is 350 g/mol. The van der Waals surface area contributed by atoms with E-state index in [0.717, 1.165) is 11.6 Å². The van der Waals surface area contributed by atoms with Crippen LogP contribution in [0.1, 0.15) is 12.5 Å². The highest BCUT2D eigenvalue weighted by Crippen LogP contribution is 2.29. The lowest BCUT2D eigenvalue weighted by Crippen LogP contribution is -2.15. The molecule has 0 spiro atoms. The molecule has 0 saturated carbocycles. The molecule has 0 aliphatic carbocycles. The summed E-state index contributed by atoms with van der Waals surface area (Å²) in [5.74, 6) is -0.538. The van der Waals surface area contributed by atoms with E-state index in [4.69, 9.17) is 4.74 Å². The molecule has 0 aliphatic rings. The molecule has 7 nitrogen and oxygen atoms in total. The molecule has 1 aromatic heterocycles. The van der Waals surface area contributed by atoms with Gasteiger partial charge in [-0.15, -0.1) is 0 Å². The number of hydrogen-bond acceptors (Lipinski definition) is 5. The first kappa shape index (κ1) is 16.2. The maximum Gasteiger partial charge on any atom is 0.265 e. The molecular weight excluding hydrogens is 335 g/mol. The summed E-state index contributed by atoms with van der Waals surface area (Å²) < 4.78 is 47.1. The summed E-state index contributed by atoms with van der Waals surface area (Å²) in [7, 11) is -4.04. The Morgan fingerprint density at radius 2 is 1.92 bits per heavy atom. The number of hydrogen-bond donors (Lipinski definition) is 2. The molecule has 0 amide bonds. The summed E-state index contributed by atoms with van der Waals surface area (Å²) in [5, 5.41) is 9.93. The summed E-state index contributed by atoms with van der Waals surface area (Å²) >= 11 is 0. The third-order valence-electron chi connectivity index (χ3n) is 3.34. The number of H-pyrrole nitrogens is 1. The minimum absolute atomic E-state index is 0.0519. The Morgan fingerprint density at radius 3 is 2.62 bits per heavy atom. The molecular formula is C15H15FN4O3S. The Hall–Kier alpha value is -2.68. The van der Waals surface area contributed by atoms with Crippen LogP contribution in [0.5, 0.6) is 5.75 Å². The van der Waals surface area contributed by atoms with Crippen LogP contribution >= 0.6 is 0 Å². The van der Waals surface area contributed by atoms with E-state index in [1.54, 1.807) is 26.0 Å². The maximum absolute atomic E-state index is 14.1. The van der Waals surface area contributed by atoms with Gasteiger partial charge in [-0.05, 0) is 37.6 Å². The molecule has 2 N–H and O–H groups in total. The first-order chi connectivity index (χ1) is 11.4. The molecule has 0 fully saturated rings. The molecule has 0 unspecified atom stereocenters. The van der Waals surface area contributed by atoms with Crippen LogP contribution in [0.4, 0.5) is 10.1 Å². The van der Waals surface area contributed by atoms with E-state index in [2.05, 4.69) is 20.1 Å². The van der Waals surface area contributed by atoms with Gasteiger partial charge >= 0.3 is 0 Å². The van der Waals surface area contributed by atoms with E-state index < -0.39 is 15.8 Å². The summed E-state index contributed by atoms with van der Waals surface area (Å²) in [6, 6.07) is 7.18. The third-order valence-corrected chi connectivity index (χ3v) is 4.72. The normalized spacial score (nSPS) is 11.6. The van der Waals surface area contributed by atoms with Crippen LogP contribution in [0.25, 0.3) is 11.0 Å². The van der Waals surface area contributed by atoms with E-state index in [1.165, 1.54) is 12.1 Å². The van der Waals surface area contributed by atoms with Crippen molar-refractivity contribution in [1.82, 2.24) is 15.4 Å². The molecule has 0 aliphatic heterocycles. The molecule has 0 bridgehead atoms. The van der Waals surface area contributed by atoms with E-state index in [0.29, 0.717) is 17.6 Å². The number of aryl methyl sites for hydroxylation is 1. The Balaban J connectivity index is 2.04. The molecule has 9 heteroatoms. The van der Waals surface area contributed by atoms with Crippen molar-refractivity contribution in [2.45, 2.75) is 18.7 Å². The highest BCUT2D eigenvalue weighted by Gasteiger charge is 2.22. The van der Waals surface area contributed by atoms with Crippen molar-refractivity contribution in [2.75, 3.05) is 11.3 Å². The Kier molecular flexibility index (Phi) is 4.10. The van der Waals surface area contributed by atoms with Crippen molar-refractivity contribution in [3.8, 4) is 5.75 Å². The van der Waals surface area contributed by atoms with Crippen molar-refractivity contribution in [1.29, 1.82) is 0 Å². The van der Waals surface area contributed by atoms with E-state index in [1.807, 2.05) is 0 Å². The fraction of sp³-hybridized carbons (Fsp3) is 0.200. The van der Waals surface area contributed by atoms with Crippen molar-refractivity contribution >= 4 is 26.7 Å². The van der Waals surface area contributed by atoms with Gasteiger partial charge in [0.15, 0.2) is 0 Å². The smallest absolute Gasteiger partial charge is 0.265 e. The second-order valence-corrected chi connectivity index (χ2v) is 6.78. The summed E-state index contributed by atoms with van der Waals surface area (Å²) in [6.07, 6.45) is 0.